The normalized spacial score (nSPS) is 11.2. The van der Waals surface area contributed by atoms with Gasteiger partial charge in [0.2, 0.25) is 0 Å². The van der Waals surface area contributed by atoms with E-state index in [1.165, 1.54) is 60.5 Å². The van der Waals surface area contributed by atoms with Crippen LogP contribution in [0.15, 0.2) is 261 Å². The fourth-order valence-corrected chi connectivity index (χ4v) is 9.30. The molecule has 0 aliphatic rings. The molecule has 0 unspecified atom stereocenters. The first-order chi connectivity index (χ1) is 31.3. The molecule has 11 aromatic rings. The number of rotatable bonds is 9. The van der Waals surface area contributed by atoms with Crippen LogP contribution in [-0.4, -0.2) is 0 Å². The molecule has 1 heteroatoms. The lowest BCUT2D eigenvalue weighted by molar-refractivity contribution is 1.28. The van der Waals surface area contributed by atoms with Crippen LogP contribution in [0.1, 0.15) is 0 Å². The number of anilines is 3. The Morgan fingerprint density at radius 3 is 1.24 bits per heavy atom. The number of benzene rings is 11. The molecule has 0 bridgehead atoms. The Morgan fingerprint density at radius 2 is 0.635 bits per heavy atom. The van der Waals surface area contributed by atoms with Crippen LogP contribution in [-0.2, 0) is 0 Å². The van der Waals surface area contributed by atoms with Crippen molar-refractivity contribution in [1.82, 2.24) is 0 Å². The molecule has 296 valence electrons. The van der Waals surface area contributed by atoms with Gasteiger partial charge in [-0.1, -0.05) is 218 Å². The fourth-order valence-electron chi connectivity index (χ4n) is 9.30. The van der Waals surface area contributed by atoms with Gasteiger partial charge in [-0.2, -0.15) is 0 Å². The van der Waals surface area contributed by atoms with Gasteiger partial charge in [-0.25, -0.2) is 0 Å². The minimum Gasteiger partial charge on any atom is -0.310 e. The van der Waals surface area contributed by atoms with Gasteiger partial charge in [-0.15, -0.1) is 0 Å². The average molecular weight is 802 g/mol. The quantitative estimate of drug-likeness (QED) is 0.131. The lowest BCUT2D eigenvalue weighted by Gasteiger charge is -2.29. The maximum Gasteiger partial charge on any atom is 0.0540 e. The van der Waals surface area contributed by atoms with Crippen molar-refractivity contribution in [3.8, 4) is 66.8 Å². The summed E-state index contributed by atoms with van der Waals surface area (Å²) in [7, 11) is 0. The summed E-state index contributed by atoms with van der Waals surface area (Å²) in [4.78, 5) is 2.45. The van der Waals surface area contributed by atoms with Crippen molar-refractivity contribution < 1.29 is 0 Å². The third-order valence-corrected chi connectivity index (χ3v) is 12.2. The van der Waals surface area contributed by atoms with Gasteiger partial charge in [0.25, 0.3) is 0 Å². The zero-order chi connectivity index (χ0) is 42.0. The van der Waals surface area contributed by atoms with Gasteiger partial charge in [0.15, 0.2) is 0 Å². The van der Waals surface area contributed by atoms with Crippen molar-refractivity contribution >= 4 is 38.6 Å². The monoisotopic (exact) mass is 801 g/mol. The summed E-state index contributed by atoms with van der Waals surface area (Å²) in [6.45, 7) is 0. The number of nitrogens with zero attached hydrogens (tertiary/aromatic N) is 1. The van der Waals surface area contributed by atoms with E-state index >= 15 is 0 Å². The van der Waals surface area contributed by atoms with Gasteiger partial charge in [0.1, 0.15) is 0 Å². The molecule has 0 spiro atoms. The predicted molar refractivity (Wildman–Crippen MR) is 269 cm³/mol. The fraction of sp³-hybridized carbons (Fsp3) is 0. The highest BCUT2D eigenvalue weighted by molar-refractivity contribution is 6.22. The minimum absolute atomic E-state index is 1.08. The van der Waals surface area contributed by atoms with E-state index in [1.807, 2.05) is 0 Å². The molecular formula is C62H43N. The minimum atomic E-state index is 1.08. The van der Waals surface area contributed by atoms with E-state index in [2.05, 4.69) is 266 Å². The molecule has 0 aliphatic carbocycles. The smallest absolute Gasteiger partial charge is 0.0540 e. The van der Waals surface area contributed by atoms with E-state index < -0.39 is 0 Å². The molecule has 0 heterocycles. The molecule has 0 fully saturated rings. The summed E-state index contributed by atoms with van der Waals surface area (Å²) in [5.41, 5.74) is 17.5. The van der Waals surface area contributed by atoms with Crippen LogP contribution in [0.25, 0.3) is 88.3 Å². The number of hydrogen-bond donors (Lipinski definition) is 0. The van der Waals surface area contributed by atoms with Crippen LogP contribution in [0.3, 0.4) is 0 Å². The van der Waals surface area contributed by atoms with Crippen LogP contribution in [0.4, 0.5) is 17.1 Å². The maximum atomic E-state index is 2.45. The lowest BCUT2D eigenvalue weighted by atomic mass is 9.84. The highest BCUT2D eigenvalue weighted by Crippen LogP contribution is 2.47. The third kappa shape index (κ3) is 7.26. The molecule has 63 heavy (non-hydrogen) atoms. The Morgan fingerprint density at radius 1 is 0.206 bits per heavy atom. The second kappa shape index (κ2) is 16.7. The van der Waals surface area contributed by atoms with Crippen LogP contribution in [0.2, 0.25) is 0 Å². The van der Waals surface area contributed by atoms with Crippen molar-refractivity contribution in [3.63, 3.8) is 0 Å². The first-order valence-electron chi connectivity index (χ1n) is 21.7. The van der Waals surface area contributed by atoms with Gasteiger partial charge in [-0.3, -0.25) is 0 Å². The Balaban J connectivity index is 1.15. The summed E-state index contributed by atoms with van der Waals surface area (Å²) in [5.74, 6) is 0. The van der Waals surface area contributed by atoms with Crippen molar-refractivity contribution in [2.75, 3.05) is 4.90 Å². The first kappa shape index (κ1) is 37.7. The van der Waals surface area contributed by atoms with E-state index in [0.717, 1.165) is 44.9 Å². The van der Waals surface area contributed by atoms with Crippen molar-refractivity contribution in [2.45, 2.75) is 0 Å². The second-order valence-corrected chi connectivity index (χ2v) is 16.1. The molecule has 0 saturated heterocycles. The summed E-state index contributed by atoms with van der Waals surface area (Å²) in [6, 6.07) is 94.7. The molecule has 11 aromatic carbocycles. The molecule has 0 aliphatic heterocycles. The second-order valence-electron chi connectivity index (χ2n) is 16.1. The van der Waals surface area contributed by atoms with Gasteiger partial charge in [0, 0.05) is 16.9 Å². The molecule has 0 radical (unpaired) electrons. The van der Waals surface area contributed by atoms with Crippen LogP contribution >= 0.6 is 0 Å². The van der Waals surface area contributed by atoms with E-state index in [4.69, 9.17) is 0 Å². The molecule has 1 nitrogen and oxygen atoms in total. The topological polar surface area (TPSA) is 3.24 Å². The standard InChI is InChI=1S/C62H43N/c1-6-21-44(22-7-1)51-39-52(45-23-8-2-9-24-45)42-54(41-51)63(60-36-19-18-33-55(60)46-25-10-3-11-26-46)53-32-20-31-49(40-53)50-37-38-57-56-34-16-17-35-58(56)61(47-27-12-4-13-28-47)62(59(57)43-50)48-29-14-5-15-30-48/h1-43H. The predicted octanol–water partition coefficient (Wildman–Crippen LogP) is 17.5. The number of hydrogen-bond acceptors (Lipinski definition) is 1. The van der Waals surface area contributed by atoms with E-state index in [9.17, 15) is 0 Å². The van der Waals surface area contributed by atoms with Gasteiger partial charge < -0.3 is 4.90 Å². The molecular weight excluding hydrogens is 759 g/mol. The molecule has 0 amide bonds. The number of para-hydroxylation sites is 1. The van der Waals surface area contributed by atoms with Gasteiger partial charge in [0.05, 0.1) is 5.69 Å². The van der Waals surface area contributed by atoms with E-state index in [-0.39, 0.29) is 0 Å². The van der Waals surface area contributed by atoms with Gasteiger partial charge in [-0.05, 0) is 125 Å². The molecule has 0 saturated carbocycles. The largest absolute Gasteiger partial charge is 0.310 e. The Labute approximate surface area is 369 Å². The third-order valence-electron chi connectivity index (χ3n) is 12.2. The lowest BCUT2D eigenvalue weighted by Crippen LogP contribution is -2.12. The van der Waals surface area contributed by atoms with E-state index in [0.29, 0.717) is 0 Å². The van der Waals surface area contributed by atoms with Crippen LogP contribution in [0.5, 0.6) is 0 Å². The summed E-state index contributed by atoms with van der Waals surface area (Å²) in [5, 5.41) is 4.98. The summed E-state index contributed by atoms with van der Waals surface area (Å²) in [6.07, 6.45) is 0. The molecule has 0 N–H and O–H groups in total. The molecule has 0 aromatic heterocycles. The first-order valence-corrected chi connectivity index (χ1v) is 21.7. The van der Waals surface area contributed by atoms with Gasteiger partial charge >= 0.3 is 0 Å². The van der Waals surface area contributed by atoms with Crippen LogP contribution < -0.4 is 4.90 Å². The zero-order valence-electron chi connectivity index (χ0n) is 34.8. The Bertz CT molecular complexity index is 3300. The van der Waals surface area contributed by atoms with Crippen molar-refractivity contribution in [2.24, 2.45) is 0 Å². The SMILES string of the molecule is c1ccc(-c2cc(-c3ccccc3)cc(N(c3cccc(-c4ccc5c(c4)c(-c4ccccc4)c(-c4ccccc4)c4ccccc45)c3)c3ccccc3-c3ccccc3)c2)cc1. The maximum absolute atomic E-state index is 2.45. The summed E-state index contributed by atoms with van der Waals surface area (Å²) >= 11 is 0. The van der Waals surface area contributed by atoms with Crippen molar-refractivity contribution in [1.29, 1.82) is 0 Å². The zero-order valence-corrected chi connectivity index (χ0v) is 34.8. The summed E-state index contributed by atoms with van der Waals surface area (Å²) < 4.78 is 0. The van der Waals surface area contributed by atoms with Crippen LogP contribution in [0, 0.1) is 0 Å². The Hall–Kier alpha value is -8.26. The number of fused-ring (bicyclic) bond motifs is 3. The average Bonchev–Trinajstić information content (AvgIpc) is 3.37. The molecule has 11 rings (SSSR count). The molecule has 0 atom stereocenters. The van der Waals surface area contributed by atoms with E-state index in [1.54, 1.807) is 0 Å². The highest BCUT2D eigenvalue weighted by atomic mass is 15.1. The van der Waals surface area contributed by atoms with Crippen molar-refractivity contribution in [3.05, 3.63) is 261 Å². The Kier molecular flexibility index (Phi) is 9.97. The highest BCUT2D eigenvalue weighted by Gasteiger charge is 2.21.